The molecule has 0 bridgehead atoms. The van der Waals surface area contributed by atoms with Gasteiger partial charge in [-0.2, -0.15) is 0 Å². The quantitative estimate of drug-likeness (QED) is 0.613. The zero-order chi connectivity index (χ0) is 21.1. The number of anilines is 2. The zero-order valence-corrected chi connectivity index (χ0v) is 17.7. The molecule has 3 aromatic rings. The van der Waals surface area contributed by atoms with Crippen LogP contribution >= 0.6 is 23.4 Å². The molecule has 2 amide bonds. The summed E-state index contributed by atoms with van der Waals surface area (Å²) >= 11 is 7.48. The van der Waals surface area contributed by atoms with E-state index in [4.69, 9.17) is 16.3 Å². The van der Waals surface area contributed by atoms with Crippen molar-refractivity contribution in [3.8, 4) is 5.75 Å². The molecular weight excluding hydrogens is 422 g/mol. The molecule has 30 heavy (non-hydrogen) atoms. The lowest BCUT2D eigenvalue weighted by Crippen LogP contribution is -2.34. The standard InChI is InChI=1S/C22H18ClN3O3S/c1-29-18-9-8-14(23)13-16(18)25-20(27)10-12-26-17-6-2-3-7-19(17)30-21-15(22(26)28)5-4-11-24-21/h2-9,11,13H,10,12H2,1H3,(H,25,27). The first-order valence-electron chi connectivity index (χ1n) is 9.24. The highest BCUT2D eigenvalue weighted by Gasteiger charge is 2.28. The fraction of sp³-hybridized carbons (Fsp3) is 0.136. The van der Waals surface area contributed by atoms with Gasteiger partial charge < -0.3 is 15.0 Å². The number of methoxy groups -OCH3 is 1. The number of hydrogen-bond acceptors (Lipinski definition) is 5. The summed E-state index contributed by atoms with van der Waals surface area (Å²) in [5.41, 5.74) is 1.77. The predicted molar refractivity (Wildman–Crippen MR) is 118 cm³/mol. The molecule has 0 unspecified atom stereocenters. The van der Waals surface area contributed by atoms with Crippen LogP contribution in [0.25, 0.3) is 0 Å². The number of benzene rings is 2. The number of fused-ring (bicyclic) bond motifs is 2. The van der Waals surface area contributed by atoms with Gasteiger partial charge in [0.15, 0.2) is 0 Å². The van der Waals surface area contributed by atoms with Crippen LogP contribution in [0, 0.1) is 0 Å². The maximum absolute atomic E-state index is 13.2. The molecule has 0 saturated heterocycles. The van der Waals surface area contributed by atoms with Crippen LogP contribution in [0.4, 0.5) is 11.4 Å². The summed E-state index contributed by atoms with van der Waals surface area (Å²) in [4.78, 5) is 32.7. The van der Waals surface area contributed by atoms with Gasteiger partial charge in [0.1, 0.15) is 10.8 Å². The Hall–Kier alpha value is -3.03. The Kier molecular flexibility index (Phi) is 5.92. The third-order valence-corrected chi connectivity index (χ3v) is 5.93. The van der Waals surface area contributed by atoms with Crippen molar-refractivity contribution < 1.29 is 14.3 Å². The molecule has 2 heterocycles. The maximum Gasteiger partial charge on any atom is 0.261 e. The number of carbonyl (C=O) groups is 2. The number of hydrogen-bond donors (Lipinski definition) is 1. The number of rotatable bonds is 5. The van der Waals surface area contributed by atoms with Crippen LogP contribution in [0.15, 0.2) is 70.7 Å². The van der Waals surface area contributed by atoms with Gasteiger partial charge in [0.25, 0.3) is 5.91 Å². The van der Waals surface area contributed by atoms with E-state index < -0.39 is 0 Å². The van der Waals surface area contributed by atoms with E-state index in [1.54, 1.807) is 41.4 Å². The zero-order valence-electron chi connectivity index (χ0n) is 16.1. The topological polar surface area (TPSA) is 71.5 Å². The van der Waals surface area contributed by atoms with E-state index in [9.17, 15) is 9.59 Å². The summed E-state index contributed by atoms with van der Waals surface area (Å²) in [7, 11) is 1.52. The molecule has 4 rings (SSSR count). The smallest absolute Gasteiger partial charge is 0.261 e. The van der Waals surface area contributed by atoms with E-state index in [2.05, 4.69) is 10.3 Å². The Bertz CT molecular complexity index is 1120. The molecule has 0 spiro atoms. The Morgan fingerprint density at radius 1 is 1.20 bits per heavy atom. The number of nitrogens with one attached hydrogen (secondary N) is 1. The fourth-order valence-electron chi connectivity index (χ4n) is 3.19. The number of para-hydroxylation sites is 1. The molecule has 1 aliphatic heterocycles. The van der Waals surface area contributed by atoms with Gasteiger partial charge in [0, 0.05) is 29.1 Å². The van der Waals surface area contributed by atoms with Crippen LogP contribution in [0.5, 0.6) is 5.75 Å². The molecule has 1 aromatic heterocycles. The largest absolute Gasteiger partial charge is 0.495 e. The molecule has 0 fully saturated rings. The minimum atomic E-state index is -0.246. The average molecular weight is 440 g/mol. The first kappa shape index (κ1) is 20.3. The van der Waals surface area contributed by atoms with Gasteiger partial charge in [-0.15, -0.1) is 0 Å². The van der Waals surface area contributed by atoms with E-state index in [-0.39, 0.29) is 24.8 Å². The van der Waals surface area contributed by atoms with Crippen LogP contribution in [0.2, 0.25) is 5.02 Å². The van der Waals surface area contributed by atoms with Gasteiger partial charge in [0.05, 0.1) is 24.0 Å². The first-order valence-corrected chi connectivity index (χ1v) is 10.4. The first-order chi connectivity index (χ1) is 14.6. The molecule has 1 N–H and O–H groups in total. The van der Waals surface area contributed by atoms with Gasteiger partial charge in [-0.1, -0.05) is 35.5 Å². The van der Waals surface area contributed by atoms with Crippen molar-refractivity contribution >= 4 is 46.6 Å². The van der Waals surface area contributed by atoms with Gasteiger partial charge >= 0.3 is 0 Å². The van der Waals surface area contributed by atoms with Crippen molar-refractivity contribution in [2.24, 2.45) is 0 Å². The molecule has 8 heteroatoms. The van der Waals surface area contributed by atoms with E-state index >= 15 is 0 Å². The Labute approximate surface area is 183 Å². The highest BCUT2D eigenvalue weighted by atomic mass is 35.5. The summed E-state index contributed by atoms with van der Waals surface area (Å²) in [6.45, 7) is 0.222. The monoisotopic (exact) mass is 439 g/mol. The van der Waals surface area contributed by atoms with Crippen molar-refractivity contribution in [2.75, 3.05) is 23.9 Å². The second kappa shape index (κ2) is 8.77. The third kappa shape index (κ3) is 4.13. The van der Waals surface area contributed by atoms with Crippen molar-refractivity contribution in [3.63, 3.8) is 0 Å². The number of aromatic nitrogens is 1. The second-order valence-corrected chi connectivity index (χ2v) is 7.99. The molecule has 2 aromatic carbocycles. The van der Waals surface area contributed by atoms with Crippen LogP contribution in [-0.4, -0.2) is 30.5 Å². The van der Waals surface area contributed by atoms with Crippen molar-refractivity contribution in [2.45, 2.75) is 16.3 Å². The summed E-state index contributed by atoms with van der Waals surface area (Å²) < 4.78 is 5.27. The number of ether oxygens (including phenoxy) is 1. The van der Waals surface area contributed by atoms with Crippen molar-refractivity contribution in [3.05, 3.63) is 71.4 Å². The minimum Gasteiger partial charge on any atom is -0.495 e. The van der Waals surface area contributed by atoms with Crippen LogP contribution in [0.3, 0.4) is 0 Å². The second-order valence-electron chi connectivity index (χ2n) is 6.53. The molecule has 1 aliphatic rings. The average Bonchev–Trinajstić information content (AvgIpc) is 2.86. The molecular formula is C22H18ClN3O3S. The molecule has 0 saturated carbocycles. The molecule has 0 radical (unpaired) electrons. The van der Waals surface area contributed by atoms with E-state index in [0.717, 1.165) is 10.6 Å². The van der Waals surface area contributed by atoms with E-state index in [1.165, 1.54) is 18.9 Å². The Morgan fingerprint density at radius 3 is 2.87 bits per heavy atom. The van der Waals surface area contributed by atoms with Crippen LogP contribution < -0.4 is 15.0 Å². The number of amides is 2. The van der Waals surface area contributed by atoms with E-state index in [1.807, 2.05) is 24.3 Å². The lowest BCUT2D eigenvalue weighted by atomic mass is 10.2. The summed E-state index contributed by atoms with van der Waals surface area (Å²) in [6.07, 6.45) is 1.78. The number of nitrogens with zero attached hydrogens (tertiary/aromatic N) is 2. The molecule has 6 nitrogen and oxygen atoms in total. The van der Waals surface area contributed by atoms with Crippen molar-refractivity contribution in [1.82, 2.24) is 4.98 Å². The van der Waals surface area contributed by atoms with Gasteiger partial charge in [-0.25, -0.2) is 4.98 Å². The van der Waals surface area contributed by atoms with Gasteiger partial charge in [-0.3, -0.25) is 9.59 Å². The lowest BCUT2D eigenvalue weighted by molar-refractivity contribution is -0.116. The summed E-state index contributed by atoms with van der Waals surface area (Å²) in [5, 5.41) is 3.96. The minimum absolute atomic E-state index is 0.107. The van der Waals surface area contributed by atoms with Gasteiger partial charge in [0.2, 0.25) is 5.91 Å². The SMILES string of the molecule is COc1ccc(Cl)cc1NC(=O)CCN1C(=O)c2cccnc2Sc2ccccc21. The van der Waals surface area contributed by atoms with E-state index in [0.29, 0.717) is 27.0 Å². The Balaban J connectivity index is 1.56. The fourth-order valence-corrected chi connectivity index (χ4v) is 4.37. The Morgan fingerprint density at radius 2 is 2.03 bits per heavy atom. The number of carbonyl (C=O) groups excluding carboxylic acids is 2. The lowest BCUT2D eigenvalue weighted by Gasteiger charge is -2.22. The van der Waals surface area contributed by atoms with Crippen LogP contribution in [-0.2, 0) is 4.79 Å². The van der Waals surface area contributed by atoms with Crippen LogP contribution in [0.1, 0.15) is 16.8 Å². The number of pyridine rings is 1. The highest BCUT2D eigenvalue weighted by Crippen LogP contribution is 2.40. The molecule has 0 aliphatic carbocycles. The number of halogens is 1. The summed E-state index contributed by atoms with van der Waals surface area (Å²) in [5.74, 6) is 0.0909. The van der Waals surface area contributed by atoms with Gasteiger partial charge in [-0.05, 0) is 42.5 Å². The maximum atomic E-state index is 13.2. The predicted octanol–water partition coefficient (Wildman–Crippen LogP) is 4.88. The summed E-state index contributed by atoms with van der Waals surface area (Å²) in [6, 6.07) is 16.1. The molecule has 0 atom stereocenters. The normalized spacial score (nSPS) is 12.6. The highest BCUT2D eigenvalue weighted by molar-refractivity contribution is 7.99. The van der Waals surface area contributed by atoms with Crippen molar-refractivity contribution in [1.29, 1.82) is 0 Å². The third-order valence-electron chi connectivity index (χ3n) is 4.61. The molecule has 152 valence electrons.